The van der Waals surface area contributed by atoms with E-state index in [1.165, 1.54) is 32.6 Å². The number of halogens is 1. The molecule has 2 saturated heterocycles. The summed E-state index contributed by atoms with van der Waals surface area (Å²) >= 11 is 0. The van der Waals surface area contributed by atoms with Gasteiger partial charge in [-0.3, -0.25) is 0 Å². The van der Waals surface area contributed by atoms with Crippen LogP contribution in [-0.2, 0) is 0 Å². The zero-order valence-electron chi connectivity index (χ0n) is 12.9. The summed E-state index contributed by atoms with van der Waals surface area (Å²) in [5, 5.41) is 3.49. The normalized spacial score (nSPS) is 27.8. The second-order valence-corrected chi connectivity index (χ2v) is 6.51. The summed E-state index contributed by atoms with van der Waals surface area (Å²) in [5.41, 5.74) is 1.15. The van der Waals surface area contributed by atoms with Crippen molar-refractivity contribution in [2.45, 2.75) is 13.3 Å². The summed E-state index contributed by atoms with van der Waals surface area (Å²) in [5.74, 6) is 1.43. The quantitative estimate of drug-likeness (QED) is 0.921. The van der Waals surface area contributed by atoms with Crippen molar-refractivity contribution < 1.29 is 4.39 Å². The third-order valence-electron chi connectivity index (χ3n) is 4.95. The van der Waals surface area contributed by atoms with Crippen LogP contribution in [0.2, 0.25) is 0 Å². The highest BCUT2D eigenvalue weighted by Gasteiger charge is 2.26. The smallest absolute Gasteiger partial charge is 0.123 e. The van der Waals surface area contributed by atoms with E-state index >= 15 is 0 Å². The van der Waals surface area contributed by atoms with Crippen molar-refractivity contribution in [2.75, 3.05) is 50.7 Å². The van der Waals surface area contributed by atoms with Gasteiger partial charge in [0, 0.05) is 31.9 Å². The molecule has 2 fully saturated rings. The highest BCUT2D eigenvalue weighted by Crippen LogP contribution is 2.20. The molecule has 4 heteroatoms. The summed E-state index contributed by atoms with van der Waals surface area (Å²) in [6.07, 6.45) is 1.19. The Morgan fingerprint density at radius 2 is 1.90 bits per heavy atom. The van der Waals surface area contributed by atoms with E-state index in [2.05, 4.69) is 22.0 Å². The zero-order valence-corrected chi connectivity index (χ0v) is 12.9. The third kappa shape index (κ3) is 3.74. The number of nitrogens with one attached hydrogen (secondary N) is 1. The molecule has 1 N–H and O–H groups in total. The van der Waals surface area contributed by atoms with Crippen LogP contribution in [0.3, 0.4) is 0 Å². The van der Waals surface area contributed by atoms with Gasteiger partial charge in [0.25, 0.3) is 0 Å². The Balaban J connectivity index is 1.55. The van der Waals surface area contributed by atoms with Gasteiger partial charge in [-0.1, -0.05) is 6.92 Å². The van der Waals surface area contributed by atoms with E-state index < -0.39 is 0 Å². The van der Waals surface area contributed by atoms with E-state index in [0.29, 0.717) is 0 Å². The average molecular weight is 291 g/mol. The summed E-state index contributed by atoms with van der Waals surface area (Å²) in [6.45, 7) is 10.3. The minimum Gasteiger partial charge on any atom is -0.370 e. The molecule has 1 aromatic carbocycles. The van der Waals surface area contributed by atoms with Crippen LogP contribution in [0.25, 0.3) is 0 Å². The number of nitrogens with zero attached hydrogens (tertiary/aromatic N) is 2. The molecule has 0 saturated carbocycles. The van der Waals surface area contributed by atoms with Crippen LogP contribution in [0.4, 0.5) is 10.1 Å². The van der Waals surface area contributed by atoms with Crippen LogP contribution in [0.1, 0.15) is 13.3 Å². The molecule has 0 radical (unpaired) electrons. The molecule has 0 spiro atoms. The van der Waals surface area contributed by atoms with Crippen molar-refractivity contribution in [3.63, 3.8) is 0 Å². The van der Waals surface area contributed by atoms with Crippen LogP contribution < -0.4 is 10.2 Å². The molecule has 2 aliphatic heterocycles. The summed E-state index contributed by atoms with van der Waals surface area (Å²) in [7, 11) is 0. The van der Waals surface area contributed by atoms with Gasteiger partial charge in [0.05, 0.1) is 0 Å². The van der Waals surface area contributed by atoms with E-state index in [1.807, 2.05) is 12.1 Å². The molecule has 21 heavy (non-hydrogen) atoms. The van der Waals surface area contributed by atoms with Crippen LogP contribution in [-0.4, -0.2) is 50.7 Å². The molecule has 0 aliphatic carbocycles. The number of hydrogen-bond donors (Lipinski definition) is 1. The van der Waals surface area contributed by atoms with Crippen molar-refractivity contribution in [3.8, 4) is 0 Å². The average Bonchev–Trinajstić information content (AvgIpc) is 2.74. The second-order valence-electron chi connectivity index (χ2n) is 6.51. The molecule has 2 aliphatic rings. The van der Waals surface area contributed by atoms with Gasteiger partial charge in [-0.05, 0) is 62.2 Å². The van der Waals surface area contributed by atoms with Crippen molar-refractivity contribution >= 4 is 5.69 Å². The molecule has 3 rings (SSSR count). The maximum absolute atomic E-state index is 13.0. The molecule has 0 aromatic heterocycles. The molecule has 1 aromatic rings. The highest BCUT2D eigenvalue weighted by atomic mass is 19.1. The lowest BCUT2D eigenvalue weighted by Crippen LogP contribution is -2.35. The number of rotatable bonds is 3. The molecule has 116 valence electrons. The maximum atomic E-state index is 13.0. The van der Waals surface area contributed by atoms with Gasteiger partial charge < -0.3 is 15.1 Å². The van der Waals surface area contributed by atoms with Crippen LogP contribution in [0.15, 0.2) is 24.3 Å². The Kier molecular flexibility index (Phi) is 4.76. The summed E-state index contributed by atoms with van der Waals surface area (Å²) in [6, 6.07) is 6.91. The SMILES string of the molecule is C[C@H]1CNCC1CN1CCCN(c2ccc(F)cc2)CC1. The lowest BCUT2D eigenvalue weighted by atomic mass is 9.97. The first-order valence-corrected chi connectivity index (χ1v) is 8.16. The Labute approximate surface area is 127 Å². The fourth-order valence-electron chi connectivity index (χ4n) is 3.50. The molecule has 1 unspecified atom stereocenters. The molecule has 0 bridgehead atoms. The van der Waals surface area contributed by atoms with E-state index in [-0.39, 0.29) is 5.82 Å². The minimum atomic E-state index is -0.155. The van der Waals surface area contributed by atoms with Crippen molar-refractivity contribution in [1.82, 2.24) is 10.2 Å². The van der Waals surface area contributed by atoms with Gasteiger partial charge in [0.15, 0.2) is 0 Å². The first-order valence-electron chi connectivity index (χ1n) is 8.16. The van der Waals surface area contributed by atoms with Crippen LogP contribution >= 0.6 is 0 Å². The molecule has 2 atom stereocenters. The van der Waals surface area contributed by atoms with Crippen LogP contribution in [0, 0.1) is 17.7 Å². The van der Waals surface area contributed by atoms with Gasteiger partial charge in [-0.25, -0.2) is 4.39 Å². The molecular formula is C17H26FN3. The molecule has 0 amide bonds. The Morgan fingerprint density at radius 3 is 2.62 bits per heavy atom. The molecule has 3 nitrogen and oxygen atoms in total. The van der Waals surface area contributed by atoms with Crippen molar-refractivity contribution in [3.05, 3.63) is 30.1 Å². The van der Waals surface area contributed by atoms with E-state index in [4.69, 9.17) is 0 Å². The van der Waals surface area contributed by atoms with Gasteiger partial charge in [0.2, 0.25) is 0 Å². The lowest BCUT2D eigenvalue weighted by Gasteiger charge is -2.26. The highest BCUT2D eigenvalue weighted by molar-refractivity contribution is 5.46. The van der Waals surface area contributed by atoms with Crippen LogP contribution in [0.5, 0.6) is 0 Å². The van der Waals surface area contributed by atoms with Gasteiger partial charge in [-0.15, -0.1) is 0 Å². The Morgan fingerprint density at radius 1 is 1.10 bits per heavy atom. The van der Waals surface area contributed by atoms with Crippen molar-refractivity contribution in [1.29, 1.82) is 0 Å². The van der Waals surface area contributed by atoms with E-state index in [0.717, 1.165) is 37.2 Å². The van der Waals surface area contributed by atoms with Crippen molar-refractivity contribution in [2.24, 2.45) is 11.8 Å². The summed E-state index contributed by atoms with van der Waals surface area (Å²) < 4.78 is 13.0. The van der Waals surface area contributed by atoms with Gasteiger partial charge in [-0.2, -0.15) is 0 Å². The Hall–Kier alpha value is -1.13. The van der Waals surface area contributed by atoms with E-state index in [1.54, 1.807) is 12.1 Å². The lowest BCUT2D eigenvalue weighted by molar-refractivity contribution is 0.231. The number of anilines is 1. The Bertz CT molecular complexity index is 448. The predicted octanol–water partition coefficient (Wildman–Crippen LogP) is 2.19. The second kappa shape index (κ2) is 6.75. The minimum absolute atomic E-state index is 0.155. The third-order valence-corrected chi connectivity index (χ3v) is 4.95. The largest absolute Gasteiger partial charge is 0.370 e. The van der Waals surface area contributed by atoms with Gasteiger partial charge in [0.1, 0.15) is 5.82 Å². The number of benzene rings is 1. The zero-order chi connectivity index (χ0) is 14.7. The standard InChI is InChI=1S/C17H26FN3/c1-14-11-19-12-15(14)13-20-7-2-8-21(10-9-20)17-5-3-16(18)4-6-17/h3-6,14-15,19H,2,7-13H2,1H3/t14-,15?/m0/s1. The van der Waals surface area contributed by atoms with Gasteiger partial charge >= 0.3 is 0 Å². The monoisotopic (exact) mass is 291 g/mol. The van der Waals surface area contributed by atoms with E-state index in [9.17, 15) is 4.39 Å². The fraction of sp³-hybridized carbons (Fsp3) is 0.647. The fourth-order valence-corrected chi connectivity index (χ4v) is 3.50. The molecular weight excluding hydrogens is 265 g/mol. The first-order chi connectivity index (χ1) is 10.2. The summed E-state index contributed by atoms with van der Waals surface area (Å²) in [4.78, 5) is 4.99. The number of hydrogen-bond acceptors (Lipinski definition) is 3. The maximum Gasteiger partial charge on any atom is 0.123 e. The first kappa shape index (κ1) is 14.8. The molecule has 2 heterocycles. The predicted molar refractivity (Wildman–Crippen MR) is 85.2 cm³/mol. The topological polar surface area (TPSA) is 18.5 Å².